The van der Waals surface area contributed by atoms with Crippen LogP contribution in [-0.2, 0) is 6.54 Å². The average Bonchev–Trinajstić information content (AvgIpc) is 3.36. The summed E-state index contributed by atoms with van der Waals surface area (Å²) < 4.78 is 16.4. The number of amides is 2. The van der Waals surface area contributed by atoms with Gasteiger partial charge in [0.25, 0.3) is 11.8 Å². The van der Waals surface area contributed by atoms with Crippen molar-refractivity contribution in [2.75, 3.05) is 14.2 Å². The van der Waals surface area contributed by atoms with E-state index in [0.717, 1.165) is 51.4 Å². The van der Waals surface area contributed by atoms with Gasteiger partial charge >= 0.3 is 0 Å². The van der Waals surface area contributed by atoms with Crippen LogP contribution in [0.15, 0.2) is 28.9 Å². The minimum Gasteiger partial charge on any atom is -0.497 e. The van der Waals surface area contributed by atoms with Crippen LogP contribution >= 0.6 is 0 Å². The molecule has 4 rings (SSSR count). The van der Waals surface area contributed by atoms with E-state index in [9.17, 15) is 9.59 Å². The summed E-state index contributed by atoms with van der Waals surface area (Å²) >= 11 is 0. The number of oxazole rings is 1. The molecule has 0 unspecified atom stereocenters. The maximum atomic E-state index is 13.7. The van der Waals surface area contributed by atoms with Crippen LogP contribution in [0.2, 0.25) is 0 Å². The summed E-state index contributed by atoms with van der Waals surface area (Å²) in [5.74, 6) is 1.14. The molecule has 0 aliphatic heterocycles. The van der Waals surface area contributed by atoms with E-state index >= 15 is 0 Å². The van der Waals surface area contributed by atoms with Crippen LogP contribution in [0.1, 0.15) is 90.9 Å². The van der Waals surface area contributed by atoms with E-state index in [4.69, 9.17) is 13.9 Å². The fraction of sp³-hybridized carbons (Fsp3) is 0.577. The lowest BCUT2D eigenvalue weighted by Gasteiger charge is -2.33. The first-order valence-electron chi connectivity index (χ1n) is 12.4. The lowest BCUT2D eigenvalue weighted by molar-refractivity contribution is 0.0591. The average molecular weight is 470 g/mol. The highest BCUT2D eigenvalue weighted by Crippen LogP contribution is 2.29. The van der Waals surface area contributed by atoms with Gasteiger partial charge in [0.05, 0.1) is 20.8 Å². The standard InChI is InChI=1S/C26H35N3O5/c1-32-21-13-18(14-22(15-21)33-2)26(31)29(20-11-7-4-8-12-20)16-24-28-23(17-34-24)25(30)27-19-9-5-3-6-10-19/h13-15,17,19-20H,3-12,16H2,1-2H3,(H,27,30). The number of carbonyl (C=O) groups is 2. The first-order chi connectivity index (χ1) is 16.6. The van der Waals surface area contributed by atoms with Crippen LogP contribution in [0, 0.1) is 0 Å². The van der Waals surface area contributed by atoms with Gasteiger partial charge in [0.2, 0.25) is 5.89 Å². The topological polar surface area (TPSA) is 93.9 Å². The van der Waals surface area contributed by atoms with Crippen LogP contribution in [0.25, 0.3) is 0 Å². The molecule has 34 heavy (non-hydrogen) atoms. The summed E-state index contributed by atoms with van der Waals surface area (Å²) in [6, 6.07) is 5.47. The van der Waals surface area contributed by atoms with Crippen molar-refractivity contribution in [3.63, 3.8) is 0 Å². The largest absolute Gasteiger partial charge is 0.497 e. The van der Waals surface area contributed by atoms with E-state index in [1.54, 1.807) is 32.4 Å². The van der Waals surface area contributed by atoms with Gasteiger partial charge in [-0.05, 0) is 37.8 Å². The summed E-state index contributed by atoms with van der Waals surface area (Å²) in [7, 11) is 3.13. The highest BCUT2D eigenvalue weighted by molar-refractivity contribution is 5.95. The van der Waals surface area contributed by atoms with Crippen LogP contribution in [0.4, 0.5) is 0 Å². The summed E-state index contributed by atoms with van der Waals surface area (Å²) in [5, 5.41) is 3.07. The van der Waals surface area contributed by atoms with Gasteiger partial charge in [-0.3, -0.25) is 9.59 Å². The maximum Gasteiger partial charge on any atom is 0.273 e. The molecule has 2 fully saturated rings. The first kappa shape index (κ1) is 24.1. The zero-order valence-corrected chi connectivity index (χ0v) is 20.2. The molecule has 0 radical (unpaired) electrons. The Morgan fingerprint density at radius 3 is 2.21 bits per heavy atom. The second kappa shape index (κ2) is 11.4. The third-order valence-corrected chi connectivity index (χ3v) is 6.91. The number of hydrogen-bond donors (Lipinski definition) is 1. The summed E-state index contributed by atoms with van der Waals surface area (Å²) in [6.45, 7) is 0.208. The van der Waals surface area contributed by atoms with Crippen molar-refractivity contribution in [3.8, 4) is 11.5 Å². The second-order valence-electron chi connectivity index (χ2n) is 9.26. The molecular weight excluding hydrogens is 434 g/mol. The lowest BCUT2D eigenvalue weighted by atomic mass is 9.93. The van der Waals surface area contributed by atoms with E-state index in [-0.39, 0.29) is 36.1 Å². The van der Waals surface area contributed by atoms with Crippen LogP contribution in [0.3, 0.4) is 0 Å². The third-order valence-electron chi connectivity index (χ3n) is 6.91. The van der Waals surface area contributed by atoms with Crippen molar-refractivity contribution in [1.29, 1.82) is 0 Å². The van der Waals surface area contributed by atoms with Crippen molar-refractivity contribution >= 4 is 11.8 Å². The Hall–Kier alpha value is -3.03. The van der Waals surface area contributed by atoms with E-state index in [2.05, 4.69) is 10.3 Å². The van der Waals surface area contributed by atoms with Crippen molar-refractivity contribution in [3.05, 3.63) is 41.6 Å². The Morgan fingerprint density at radius 1 is 0.971 bits per heavy atom. The van der Waals surface area contributed by atoms with E-state index in [0.29, 0.717) is 23.0 Å². The zero-order chi connectivity index (χ0) is 23.9. The highest BCUT2D eigenvalue weighted by atomic mass is 16.5. The number of carbonyl (C=O) groups excluding carboxylic acids is 2. The van der Waals surface area contributed by atoms with Gasteiger partial charge in [-0.1, -0.05) is 38.5 Å². The van der Waals surface area contributed by atoms with Crippen molar-refractivity contribution in [1.82, 2.24) is 15.2 Å². The van der Waals surface area contributed by atoms with Crippen LogP contribution in [-0.4, -0.2) is 48.0 Å². The first-order valence-corrected chi connectivity index (χ1v) is 12.4. The minimum atomic E-state index is -0.213. The van der Waals surface area contributed by atoms with Crippen molar-refractivity contribution < 1.29 is 23.5 Å². The Morgan fingerprint density at radius 2 is 1.59 bits per heavy atom. The van der Waals surface area contributed by atoms with Gasteiger partial charge in [-0.2, -0.15) is 0 Å². The Kier molecular flexibility index (Phi) is 8.08. The Labute approximate surface area is 201 Å². The molecule has 2 amide bonds. The molecule has 2 aromatic rings. The highest BCUT2D eigenvalue weighted by Gasteiger charge is 2.29. The van der Waals surface area contributed by atoms with E-state index in [1.165, 1.54) is 19.1 Å². The summed E-state index contributed by atoms with van der Waals surface area (Å²) in [4.78, 5) is 32.6. The number of methoxy groups -OCH3 is 2. The predicted molar refractivity (Wildman–Crippen MR) is 127 cm³/mol. The number of hydrogen-bond acceptors (Lipinski definition) is 6. The van der Waals surface area contributed by atoms with Gasteiger partial charge in [-0.15, -0.1) is 0 Å². The van der Waals surface area contributed by atoms with Gasteiger partial charge in [0.15, 0.2) is 5.69 Å². The number of nitrogens with zero attached hydrogens (tertiary/aromatic N) is 2. The van der Waals surface area contributed by atoms with Crippen LogP contribution < -0.4 is 14.8 Å². The number of rotatable bonds is 8. The molecular formula is C26H35N3O5. The van der Waals surface area contributed by atoms with Crippen molar-refractivity contribution in [2.24, 2.45) is 0 Å². The number of benzene rings is 1. The number of nitrogens with one attached hydrogen (secondary N) is 1. The molecule has 1 heterocycles. The molecule has 8 nitrogen and oxygen atoms in total. The van der Waals surface area contributed by atoms with Gasteiger partial charge < -0.3 is 24.1 Å². The van der Waals surface area contributed by atoms with E-state index in [1.807, 2.05) is 4.90 Å². The molecule has 1 N–H and O–H groups in total. The smallest absolute Gasteiger partial charge is 0.273 e. The zero-order valence-electron chi connectivity index (χ0n) is 20.2. The van der Waals surface area contributed by atoms with Gasteiger partial charge in [-0.25, -0.2) is 4.98 Å². The molecule has 184 valence electrons. The van der Waals surface area contributed by atoms with Crippen LogP contribution in [0.5, 0.6) is 11.5 Å². The van der Waals surface area contributed by atoms with Crippen molar-refractivity contribution in [2.45, 2.75) is 82.8 Å². The number of aromatic nitrogens is 1. The summed E-state index contributed by atoms with van der Waals surface area (Å²) in [6.07, 6.45) is 12.1. The summed E-state index contributed by atoms with van der Waals surface area (Å²) in [5.41, 5.74) is 0.753. The predicted octanol–water partition coefficient (Wildman–Crippen LogP) is 4.73. The van der Waals surface area contributed by atoms with Gasteiger partial charge in [0.1, 0.15) is 17.8 Å². The molecule has 2 aliphatic rings. The monoisotopic (exact) mass is 469 g/mol. The maximum absolute atomic E-state index is 13.7. The normalized spacial score (nSPS) is 17.2. The molecule has 1 aromatic carbocycles. The minimum absolute atomic E-state index is 0.0878. The molecule has 2 aliphatic carbocycles. The quantitative estimate of drug-likeness (QED) is 0.601. The third kappa shape index (κ3) is 5.90. The lowest BCUT2D eigenvalue weighted by Crippen LogP contribution is -2.41. The molecule has 1 aromatic heterocycles. The molecule has 0 bridgehead atoms. The van der Waals surface area contributed by atoms with E-state index < -0.39 is 0 Å². The fourth-order valence-corrected chi connectivity index (χ4v) is 5.00. The molecule has 2 saturated carbocycles. The molecule has 0 atom stereocenters. The second-order valence-corrected chi connectivity index (χ2v) is 9.26. The Balaban J connectivity index is 1.52. The number of ether oxygens (including phenoxy) is 2. The Bertz CT molecular complexity index is 954. The van der Waals surface area contributed by atoms with Gasteiger partial charge in [0, 0.05) is 23.7 Å². The molecule has 0 spiro atoms. The fourth-order valence-electron chi connectivity index (χ4n) is 5.00. The molecule has 8 heteroatoms. The molecule has 0 saturated heterocycles. The SMILES string of the molecule is COc1cc(OC)cc(C(=O)N(Cc2nc(C(=O)NC3CCCCC3)co2)C2CCCCC2)c1.